The SMILES string of the molecule is CNCc1cc(O)cc(C2(Cc3ccc(O)c(OC)c3)C(=O)C(C(O)C(Cc3cc[nH]c3)Cc3ccc(O)c(OC)c3Cc3cccc4ccccc34)C=CC2O)c1. The Balaban J connectivity index is 1.32. The molecule has 0 fully saturated rings. The molecule has 7 N–H and O–H groups in total. The van der Waals surface area contributed by atoms with Crippen LogP contribution in [0.15, 0.2) is 122 Å². The second-order valence-electron chi connectivity index (χ2n) is 15.2. The van der Waals surface area contributed by atoms with Crippen LogP contribution < -0.4 is 14.8 Å². The van der Waals surface area contributed by atoms with Crippen molar-refractivity contribution in [3.05, 3.63) is 161 Å². The Hall–Kier alpha value is -6.07. The Labute approximate surface area is 338 Å². The average Bonchev–Trinajstić information content (AvgIpc) is 3.74. The molecule has 58 heavy (non-hydrogen) atoms. The summed E-state index contributed by atoms with van der Waals surface area (Å²) in [6.45, 7) is 0.395. The summed E-state index contributed by atoms with van der Waals surface area (Å²) in [6, 6.07) is 29.3. The lowest BCUT2D eigenvalue weighted by molar-refractivity contribution is -0.136. The minimum Gasteiger partial charge on any atom is -0.508 e. The Morgan fingerprint density at radius 3 is 2.36 bits per heavy atom. The van der Waals surface area contributed by atoms with Crippen molar-refractivity contribution in [2.24, 2.45) is 11.8 Å². The van der Waals surface area contributed by atoms with Crippen molar-refractivity contribution in [2.75, 3.05) is 21.3 Å². The number of fused-ring (bicyclic) bond motifs is 1. The Kier molecular flexibility index (Phi) is 11.9. The number of nitrogens with one attached hydrogen (secondary N) is 2. The van der Waals surface area contributed by atoms with Gasteiger partial charge in [-0.05, 0) is 113 Å². The molecule has 0 saturated carbocycles. The van der Waals surface area contributed by atoms with Crippen molar-refractivity contribution in [3.63, 3.8) is 0 Å². The van der Waals surface area contributed by atoms with Gasteiger partial charge in [0.05, 0.1) is 37.8 Å². The summed E-state index contributed by atoms with van der Waals surface area (Å²) in [5, 5.41) is 62.3. The van der Waals surface area contributed by atoms with Crippen LogP contribution in [0.5, 0.6) is 28.7 Å². The van der Waals surface area contributed by atoms with Crippen molar-refractivity contribution in [1.82, 2.24) is 10.3 Å². The number of phenolic OH excluding ortho intramolecular Hbond substituents is 3. The van der Waals surface area contributed by atoms with Crippen molar-refractivity contribution >= 4 is 16.6 Å². The van der Waals surface area contributed by atoms with E-state index < -0.39 is 35.2 Å². The van der Waals surface area contributed by atoms with Crippen LogP contribution >= 0.6 is 0 Å². The number of aromatic hydroxyl groups is 3. The van der Waals surface area contributed by atoms with Gasteiger partial charge in [0.15, 0.2) is 28.8 Å². The molecule has 1 aliphatic carbocycles. The number of aromatic amines is 1. The third-order valence-electron chi connectivity index (χ3n) is 11.6. The van der Waals surface area contributed by atoms with E-state index in [0.717, 1.165) is 33.0 Å². The number of ketones is 1. The number of rotatable bonds is 15. The molecule has 5 unspecified atom stereocenters. The van der Waals surface area contributed by atoms with E-state index in [4.69, 9.17) is 9.47 Å². The zero-order chi connectivity index (χ0) is 41.0. The summed E-state index contributed by atoms with van der Waals surface area (Å²) >= 11 is 0. The second-order valence-corrected chi connectivity index (χ2v) is 15.2. The zero-order valence-corrected chi connectivity index (χ0v) is 32.9. The molecule has 6 aromatic rings. The maximum atomic E-state index is 15.4. The molecule has 0 radical (unpaired) electrons. The van der Waals surface area contributed by atoms with E-state index in [2.05, 4.69) is 34.6 Å². The lowest BCUT2D eigenvalue weighted by Gasteiger charge is -2.43. The predicted octanol–water partition coefficient (Wildman–Crippen LogP) is 6.67. The number of aromatic nitrogens is 1. The van der Waals surface area contributed by atoms with Gasteiger partial charge in [0.25, 0.3) is 0 Å². The molecule has 10 heteroatoms. The first-order valence-corrected chi connectivity index (χ1v) is 19.4. The van der Waals surface area contributed by atoms with E-state index in [9.17, 15) is 25.5 Å². The number of aliphatic hydroxyl groups excluding tert-OH is 2. The van der Waals surface area contributed by atoms with Crippen LogP contribution in [0.3, 0.4) is 0 Å². The Morgan fingerprint density at radius 2 is 1.60 bits per heavy atom. The number of methoxy groups -OCH3 is 2. The smallest absolute Gasteiger partial charge is 0.164 e. The highest BCUT2D eigenvalue weighted by atomic mass is 16.5. The molecule has 0 saturated heterocycles. The van der Waals surface area contributed by atoms with Crippen molar-refractivity contribution in [3.8, 4) is 28.7 Å². The van der Waals surface area contributed by atoms with Gasteiger partial charge in [0.1, 0.15) is 5.75 Å². The fourth-order valence-electron chi connectivity index (χ4n) is 8.77. The third-order valence-corrected chi connectivity index (χ3v) is 11.6. The molecule has 0 amide bonds. The van der Waals surface area contributed by atoms with Gasteiger partial charge in [-0.3, -0.25) is 4.79 Å². The van der Waals surface area contributed by atoms with Gasteiger partial charge in [-0.1, -0.05) is 72.8 Å². The molecule has 1 aromatic heterocycles. The number of Topliss-reactive ketones (excluding diaryl/α,β-unsaturated/α-hetero) is 1. The summed E-state index contributed by atoms with van der Waals surface area (Å²) in [7, 11) is 4.74. The molecule has 0 aliphatic heterocycles. The lowest BCUT2D eigenvalue weighted by atomic mass is 9.60. The van der Waals surface area contributed by atoms with E-state index in [-0.39, 0.29) is 29.4 Å². The minimum atomic E-state index is -1.65. The third kappa shape index (κ3) is 7.91. The summed E-state index contributed by atoms with van der Waals surface area (Å²) in [4.78, 5) is 18.5. The number of hydrogen-bond acceptors (Lipinski definition) is 9. The maximum absolute atomic E-state index is 15.4. The number of carbonyl (C=O) groups excluding carboxylic acids is 1. The molecule has 5 atom stereocenters. The summed E-state index contributed by atoms with van der Waals surface area (Å²) in [6.07, 6.45) is 5.44. The van der Waals surface area contributed by atoms with Crippen LogP contribution in [0.1, 0.15) is 38.9 Å². The molecule has 5 aromatic carbocycles. The fraction of sp³-hybridized carbons (Fsp3) is 0.271. The predicted molar refractivity (Wildman–Crippen MR) is 224 cm³/mol. The first kappa shape index (κ1) is 40.1. The first-order valence-electron chi connectivity index (χ1n) is 19.4. The van der Waals surface area contributed by atoms with Gasteiger partial charge in [0.2, 0.25) is 0 Å². The number of benzene rings is 5. The van der Waals surface area contributed by atoms with E-state index in [1.54, 1.807) is 49.5 Å². The Bertz CT molecular complexity index is 2420. The molecular weight excluding hydrogens is 733 g/mol. The highest BCUT2D eigenvalue weighted by molar-refractivity contribution is 5.96. The van der Waals surface area contributed by atoms with E-state index in [1.807, 2.05) is 42.7 Å². The topological polar surface area (TPSA) is 164 Å². The number of aliphatic hydroxyl groups is 2. The van der Waals surface area contributed by atoms with E-state index in [0.29, 0.717) is 48.2 Å². The summed E-state index contributed by atoms with van der Waals surface area (Å²) in [5.41, 5.74) is 3.66. The molecular formula is C48H50N2O8. The van der Waals surface area contributed by atoms with Crippen LogP contribution in [0, 0.1) is 11.8 Å². The van der Waals surface area contributed by atoms with Crippen molar-refractivity contribution in [2.45, 2.75) is 49.9 Å². The van der Waals surface area contributed by atoms with Crippen molar-refractivity contribution in [1.29, 1.82) is 0 Å². The number of carbonyl (C=O) groups is 1. The molecule has 300 valence electrons. The van der Waals surface area contributed by atoms with Gasteiger partial charge in [-0.2, -0.15) is 0 Å². The summed E-state index contributed by atoms with van der Waals surface area (Å²) < 4.78 is 11.2. The van der Waals surface area contributed by atoms with Gasteiger partial charge in [-0.25, -0.2) is 0 Å². The van der Waals surface area contributed by atoms with Crippen LogP contribution in [0.2, 0.25) is 0 Å². The fourth-order valence-corrected chi connectivity index (χ4v) is 8.77. The summed E-state index contributed by atoms with van der Waals surface area (Å²) in [5.74, 6) is -1.59. The molecule has 1 heterocycles. The largest absolute Gasteiger partial charge is 0.508 e. The normalized spacial score (nSPS) is 18.9. The maximum Gasteiger partial charge on any atom is 0.164 e. The lowest BCUT2D eigenvalue weighted by Crippen LogP contribution is -2.55. The zero-order valence-electron chi connectivity index (χ0n) is 32.9. The molecule has 10 nitrogen and oxygen atoms in total. The first-order chi connectivity index (χ1) is 28.1. The van der Waals surface area contributed by atoms with Crippen LogP contribution in [-0.2, 0) is 42.4 Å². The monoisotopic (exact) mass is 782 g/mol. The van der Waals surface area contributed by atoms with Gasteiger partial charge in [-0.15, -0.1) is 0 Å². The van der Waals surface area contributed by atoms with Gasteiger partial charge in [0, 0.05) is 30.9 Å². The van der Waals surface area contributed by atoms with Crippen LogP contribution in [-0.4, -0.2) is 69.8 Å². The van der Waals surface area contributed by atoms with Gasteiger partial charge < -0.3 is 45.3 Å². The Morgan fingerprint density at radius 1 is 0.810 bits per heavy atom. The molecule has 0 bridgehead atoms. The number of phenols is 3. The average molecular weight is 783 g/mol. The van der Waals surface area contributed by atoms with Crippen LogP contribution in [0.25, 0.3) is 10.8 Å². The van der Waals surface area contributed by atoms with Crippen LogP contribution in [0.4, 0.5) is 0 Å². The van der Waals surface area contributed by atoms with E-state index in [1.165, 1.54) is 26.4 Å². The highest BCUT2D eigenvalue weighted by Gasteiger charge is 2.52. The quantitative estimate of drug-likeness (QED) is 0.0564. The van der Waals surface area contributed by atoms with Crippen molar-refractivity contribution < 1.29 is 39.8 Å². The number of hydrogen-bond donors (Lipinski definition) is 7. The van der Waals surface area contributed by atoms with E-state index >= 15 is 4.79 Å². The highest BCUT2D eigenvalue weighted by Crippen LogP contribution is 2.45. The van der Waals surface area contributed by atoms with Gasteiger partial charge >= 0.3 is 0 Å². The number of ether oxygens (including phenoxy) is 2. The molecule has 1 aliphatic rings. The molecule has 0 spiro atoms. The molecule has 7 rings (SSSR count). The standard InChI is InChI=1S/C48H50N2O8/c1-49-27-31-20-36(25-37(51)21-31)48(26-29-11-14-41(52)43(22-29)57-2)44(54)16-13-39(47(48)56)45(55)35(19-30-17-18-50-28-30)23-34-12-15-42(53)46(58-3)40(34)24-33-9-6-8-32-7-4-5-10-38(32)33/h4-18,20-22,25,28,35,39,44-45,49-55H,19,23-24,26-27H2,1-3H3. The number of H-pyrrole nitrogens is 1. The minimum absolute atomic E-state index is 0.00278. The second kappa shape index (κ2) is 17.2.